The van der Waals surface area contributed by atoms with Gasteiger partial charge < -0.3 is 5.32 Å². The summed E-state index contributed by atoms with van der Waals surface area (Å²) in [6, 6.07) is 5.98. The van der Waals surface area contributed by atoms with Gasteiger partial charge in [-0.2, -0.15) is 0 Å². The lowest BCUT2D eigenvalue weighted by atomic mass is 10.3. The molecule has 4 nitrogen and oxygen atoms in total. The summed E-state index contributed by atoms with van der Waals surface area (Å²) in [6.07, 6.45) is 0. The fraction of sp³-hybridized carbons (Fsp3) is 0.250. The predicted octanol–water partition coefficient (Wildman–Crippen LogP) is 1.43. The number of aryl methyl sites for hydroxylation is 1. The molecule has 0 saturated heterocycles. The molecule has 1 aromatic carbocycles. The highest BCUT2D eigenvalue weighted by Crippen LogP contribution is 2.15. The zero-order valence-corrected chi connectivity index (χ0v) is 8.30. The summed E-state index contributed by atoms with van der Waals surface area (Å²) in [4.78, 5) is 0. The van der Waals surface area contributed by atoms with Gasteiger partial charge in [-0.1, -0.05) is 5.21 Å². The number of nitrogens with one attached hydrogen (secondary N) is 1. The van der Waals surface area contributed by atoms with Crippen LogP contribution in [0, 0.1) is 0 Å². The first kappa shape index (κ1) is 9.80. The highest BCUT2D eigenvalue weighted by Gasteiger charge is 2.00. The molecule has 0 spiro atoms. The van der Waals surface area contributed by atoms with Crippen LogP contribution in [0.25, 0.3) is 11.0 Å². The van der Waals surface area contributed by atoms with Crippen molar-refractivity contribution in [2.45, 2.75) is 0 Å². The second-order valence-electron chi connectivity index (χ2n) is 2.67. The van der Waals surface area contributed by atoms with E-state index in [1.807, 2.05) is 32.3 Å². The van der Waals surface area contributed by atoms with Crippen LogP contribution in [0.5, 0.6) is 0 Å². The molecule has 1 aromatic heterocycles. The van der Waals surface area contributed by atoms with Crippen molar-refractivity contribution < 1.29 is 0 Å². The van der Waals surface area contributed by atoms with Crippen molar-refractivity contribution in [2.75, 3.05) is 12.4 Å². The first-order valence-corrected chi connectivity index (χ1v) is 3.78. The molecule has 0 aliphatic carbocycles. The van der Waals surface area contributed by atoms with Gasteiger partial charge in [-0.3, -0.25) is 0 Å². The van der Waals surface area contributed by atoms with Gasteiger partial charge in [-0.25, -0.2) is 4.68 Å². The van der Waals surface area contributed by atoms with Crippen LogP contribution in [0.2, 0.25) is 0 Å². The Morgan fingerprint density at radius 1 is 1.38 bits per heavy atom. The van der Waals surface area contributed by atoms with E-state index >= 15 is 0 Å². The number of halogens is 1. The van der Waals surface area contributed by atoms with Crippen LogP contribution >= 0.6 is 12.4 Å². The van der Waals surface area contributed by atoms with Crippen molar-refractivity contribution in [3.8, 4) is 0 Å². The molecule has 13 heavy (non-hydrogen) atoms. The molecule has 0 radical (unpaired) electrons. The van der Waals surface area contributed by atoms with Gasteiger partial charge >= 0.3 is 0 Å². The lowest BCUT2D eigenvalue weighted by Gasteiger charge is -1.97. The molecule has 0 atom stereocenters. The Bertz CT molecular complexity index is 409. The maximum Gasteiger partial charge on any atom is 0.115 e. The van der Waals surface area contributed by atoms with Crippen LogP contribution in [-0.4, -0.2) is 22.0 Å². The molecule has 1 N–H and O–H groups in total. The first-order valence-electron chi connectivity index (χ1n) is 3.78. The van der Waals surface area contributed by atoms with Crippen molar-refractivity contribution in [1.82, 2.24) is 15.0 Å². The summed E-state index contributed by atoms with van der Waals surface area (Å²) in [5.74, 6) is 0. The summed E-state index contributed by atoms with van der Waals surface area (Å²) >= 11 is 0. The van der Waals surface area contributed by atoms with Crippen LogP contribution in [-0.2, 0) is 7.05 Å². The average molecular weight is 199 g/mol. The molecule has 2 aromatic rings. The monoisotopic (exact) mass is 198 g/mol. The van der Waals surface area contributed by atoms with E-state index in [1.54, 1.807) is 4.68 Å². The molecular weight excluding hydrogens is 188 g/mol. The zero-order chi connectivity index (χ0) is 8.55. The minimum Gasteiger partial charge on any atom is -0.388 e. The van der Waals surface area contributed by atoms with Crippen LogP contribution in [0.3, 0.4) is 0 Å². The van der Waals surface area contributed by atoms with E-state index in [1.165, 1.54) is 0 Å². The van der Waals surface area contributed by atoms with E-state index in [0.717, 1.165) is 16.7 Å². The van der Waals surface area contributed by atoms with Crippen LogP contribution in [0.1, 0.15) is 0 Å². The summed E-state index contributed by atoms with van der Waals surface area (Å²) in [5.41, 5.74) is 3.03. The molecule has 0 saturated carbocycles. The Hall–Kier alpha value is -1.29. The van der Waals surface area contributed by atoms with Crippen molar-refractivity contribution in [2.24, 2.45) is 7.05 Å². The van der Waals surface area contributed by atoms with Gasteiger partial charge in [-0.15, -0.1) is 17.5 Å². The first-order chi connectivity index (χ1) is 5.81. The lowest BCUT2D eigenvalue weighted by molar-refractivity contribution is 0.736. The van der Waals surface area contributed by atoms with Crippen molar-refractivity contribution >= 4 is 29.1 Å². The Morgan fingerprint density at radius 2 is 2.15 bits per heavy atom. The van der Waals surface area contributed by atoms with Gasteiger partial charge in [0, 0.05) is 19.8 Å². The average Bonchev–Trinajstić information content (AvgIpc) is 2.47. The SMILES string of the molecule is CNc1ccc2c(c1)nnn2C.Cl. The van der Waals surface area contributed by atoms with E-state index in [0.29, 0.717) is 0 Å². The van der Waals surface area contributed by atoms with Gasteiger partial charge in [-0.05, 0) is 18.2 Å². The molecular formula is C8H11ClN4. The Morgan fingerprint density at radius 3 is 2.85 bits per heavy atom. The Balaban J connectivity index is 0.000000845. The molecule has 1 heterocycles. The third-order valence-corrected chi connectivity index (χ3v) is 1.90. The highest BCUT2D eigenvalue weighted by atomic mass is 35.5. The van der Waals surface area contributed by atoms with Crippen LogP contribution in [0.4, 0.5) is 5.69 Å². The fourth-order valence-electron chi connectivity index (χ4n) is 1.20. The number of hydrogen-bond donors (Lipinski definition) is 1. The number of anilines is 1. The van der Waals surface area contributed by atoms with Gasteiger partial charge in [0.1, 0.15) is 5.52 Å². The molecule has 0 unspecified atom stereocenters. The highest BCUT2D eigenvalue weighted by molar-refractivity contribution is 5.85. The van der Waals surface area contributed by atoms with Gasteiger partial charge in [0.25, 0.3) is 0 Å². The lowest BCUT2D eigenvalue weighted by Crippen LogP contribution is -1.90. The van der Waals surface area contributed by atoms with Crippen LogP contribution in [0.15, 0.2) is 18.2 Å². The maximum atomic E-state index is 4.00. The smallest absolute Gasteiger partial charge is 0.115 e. The van der Waals surface area contributed by atoms with E-state index in [4.69, 9.17) is 0 Å². The van der Waals surface area contributed by atoms with Crippen molar-refractivity contribution in [1.29, 1.82) is 0 Å². The topological polar surface area (TPSA) is 42.7 Å². The molecule has 0 bridgehead atoms. The largest absolute Gasteiger partial charge is 0.388 e. The molecule has 70 valence electrons. The normalized spacial score (nSPS) is 9.69. The third kappa shape index (κ3) is 1.58. The zero-order valence-electron chi connectivity index (χ0n) is 7.48. The number of fused-ring (bicyclic) bond motifs is 1. The van der Waals surface area contributed by atoms with Gasteiger partial charge in [0.2, 0.25) is 0 Å². The quantitative estimate of drug-likeness (QED) is 0.754. The molecule has 0 amide bonds. The van der Waals surface area contributed by atoms with Crippen molar-refractivity contribution in [3.63, 3.8) is 0 Å². The van der Waals surface area contributed by atoms with Gasteiger partial charge in [0.05, 0.1) is 5.52 Å². The minimum absolute atomic E-state index is 0. The number of rotatable bonds is 1. The Labute approximate surface area is 82.3 Å². The summed E-state index contributed by atoms with van der Waals surface area (Å²) < 4.78 is 1.76. The molecule has 0 fully saturated rings. The van der Waals surface area contributed by atoms with E-state index < -0.39 is 0 Å². The summed E-state index contributed by atoms with van der Waals surface area (Å²) in [7, 11) is 3.77. The number of hydrogen-bond acceptors (Lipinski definition) is 3. The van der Waals surface area contributed by atoms with E-state index in [9.17, 15) is 0 Å². The molecule has 0 aliphatic rings. The van der Waals surface area contributed by atoms with Gasteiger partial charge in [0.15, 0.2) is 0 Å². The Kier molecular flexibility index (Phi) is 2.72. The van der Waals surface area contributed by atoms with E-state index in [-0.39, 0.29) is 12.4 Å². The standard InChI is InChI=1S/C8H10N4.ClH/c1-9-6-3-4-8-7(5-6)10-11-12(8)2;/h3-5,9H,1-2H3;1H. The third-order valence-electron chi connectivity index (χ3n) is 1.90. The predicted molar refractivity (Wildman–Crippen MR) is 55.3 cm³/mol. The van der Waals surface area contributed by atoms with Crippen molar-refractivity contribution in [3.05, 3.63) is 18.2 Å². The second-order valence-corrected chi connectivity index (χ2v) is 2.67. The summed E-state index contributed by atoms with van der Waals surface area (Å²) in [5, 5.41) is 11.0. The number of benzene rings is 1. The number of aromatic nitrogens is 3. The summed E-state index contributed by atoms with van der Waals surface area (Å²) in [6.45, 7) is 0. The fourth-order valence-corrected chi connectivity index (χ4v) is 1.20. The number of nitrogens with zero attached hydrogens (tertiary/aromatic N) is 3. The molecule has 2 rings (SSSR count). The maximum absolute atomic E-state index is 4.00. The minimum atomic E-state index is 0. The van der Waals surface area contributed by atoms with Crippen LogP contribution < -0.4 is 5.32 Å². The second kappa shape index (κ2) is 3.62. The molecule has 5 heteroatoms. The molecule has 0 aliphatic heterocycles. The van der Waals surface area contributed by atoms with E-state index in [2.05, 4.69) is 15.6 Å².